The minimum atomic E-state index is -0.305. The molecule has 2 N–H and O–H groups in total. The summed E-state index contributed by atoms with van der Waals surface area (Å²) in [5, 5.41) is 14.9. The molecule has 0 unspecified atom stereocenters. The normalized spacial score (nSPS) is 10.2. The number of pyridine rings is 1. The third-order valence-corrected chi connectivity index (χ3v) is 3.78. The number of nitrogens with zero attached hydrogens (tertiary/aromatic N) is 2. The van der Waals surface area contributed by atoms with Gasteiger partial charge in [-0.25, -0.2) is 0 Å². The maximum Gasteiger partial charge on any atom is 0.274 e. The second-order valence-corrected chi connectivity index (χ2v) is 6.39. The Bertz CT molecular complexity index is 990. The highest BCUT2D eigenvalue weighted by molar-refractivity contribution is 6.03. The number of nitrogens with one attached hydrogen (secondary N) is 2. The van der Waals surface area contributed by atoms with Crippen molar-refractivity contribution in [2.45, 2.75) is 20.0 Å². The van der Waals surface area contributed by atoms with Crippen molar-refractivity contribution in [1.82, 2.24) is 4.98 Å². The Hall–Kier alpha value is -3.85. The van der Waals surface area contributed by atoms with Crippen LogP contribution in [0, 0.1) is 11.3 Å². The van der Waals surface area contributed by atoms with E-state index in [9.17, 15) is 4.79 Å². The number of hydrogen-bond donors (Lipinski definition) is 2. The van der Waals surface area contributed by atoms with Gasteiger partial charge in [0.2, 0.25) is 0 Å². The van der Waals surface area contributed by atoms with E-state index in [1.54, 1.807) is 54.7 Å². The Morgan fingerprint density at radius 2 is 1.68 bits per heavy atom. The van der Waals surface area contributed by atoms with Crippen molar-refractivity contribution < 1.29 is 9.53 Å². The van der Waals surface area contributed by atoms with E-state index in [-0.39, 0.29) is 12.0 Å². The van der Waals surface area contributed by atoms with Gasteiger partial charge in [0.05, 0.1) is 17.7 Å². The maximum atomic E-state index is 12.5. The summed E-state index contributed by atoms with van der Waals surface area (Å²) in [5.74, 6) is 0.445. The number of carbonyl (C=O) groups is 1. The van der Waals surface area contributed by atoms with Gasteiger partial charge in [-0.05, 0) is 74.5 Å². The lowest BCUT2D eigenvalue weighted by molar-refractivity contribution is 0.102. The van der Waals surface area contributed by atoms with E-state index in [1.165, 1.54) is 0 Å². The molecule has 6 heteroatoms. The first-order valence-electron chi connectivity index (χ1n) is 8.85. The SMILES string of the molecule is CC(C)Oc1ccc(NC(=O)c2cc(Nc3ccc(C#N)cc3)ccn2)cc1. The molecule has 6 nitrogen and oxygen atoms in total. The van der Waals surface area contributed by atoms with Gasteiger partial charge in [-0.15, -0.1) is 0 Å². The number of anilines is 3. The molecular weight excluding hydrogens is 352 g/mol. The Morgan fingerprint density at radius 1 is 1.00 bits per heavy atom. The molecule has 2 aromatic carbocycles. The van der Waals surface area contributed by atoms with E-state index < -0.39 is 0 Å². The van der Waals surface area contributed by atoms with Gasteiger partial charge in [-0.3, -0.25) is 9.78 Å². The molecule has 140 valence electrons. The number of ether oxygens (including phenoxy) is 1. The Labute approximate surface area is 163 Å². The lowest BCUT2D eigenvalue weighted by Gasteiger charge is -2.11. The Balaban J connectivity index is 1.67. The van der Waals surface area contributed by atoms with Crippen LogP contribution in [-0.4, -0.2) is 17.0 Å². The molecule has 28 heavy (non-hydrogen) atoms. The zero-order valence-corrected chi connectivity index (χ0v) is 15.6. The molecule has 0 saturated heterocycles. The van der Waals surface area contributed by atoms with Gasteiger partial charge in [-0.1, -0.05) is 0 Å². The number of aromatic nitrogens is 1. The smallest absolute Gasteiger partial charge is 0.274 e. The van der Waals surface area contributed by atoms with Crippen molar-refractivity contribution in [2.24, 2.45) is 0 Å². The average Bonchev–Trinajstić information content (AvgIpc) is 2.70. The fourth-order valence-corrected chi connectivity index (χ4v) is 2.51. The molecule has 3 rings (SSSR count). The van der Waals surface area contributed by atoms with Gasteiger partial charge < -0.3 is 15.4 Å². The fourth-order valence-electron chi connectivity index (χ4n) is 2.51. The number of hydrogen-bond acceptors (Lipinski definition) is 5. The number of carbonyl (C=O) groups excluding carboxylic acids is 1. The van der Waals surface area contributed by atoms with Crippen molar-refractivity contribution in [1.29, 1.82) is 5.26 Å². The predicted molar refractivity (Wildman–Crippen MR) is 109 cm³/mol. The predicted octanol–water partition coefficient (Wildman–Crippen LogP) is 4.74. The van der Waals surface area contributed by atoms with Crippen LogP contribution in [0.25, 0.3) is 0 Å². The van der Waals surface area contributed by atoms with Crippen LogP contribution < -0.4 is 15.4 Å². The van der Waals surface area contributed by atoms with Gasteiger partial charge in [0.25, 0.3) is 5.91 Å². The summed E-state index contributed by atoms with van der Waals surface area (Å²) in [5.41, 5.74) is 3.09. The van der Waals surface area contributed by atoms with E-state index in [4.69, 9.17) is 10.00 Å². The lowest BCUT2D eigenvalue weighted by atomic mass is 10.2. The summed E-state index contributed by atoms with van der Waals surface area (Å²) < 4.78 is 5.59. The Kier molecular flexibility index (Phi) is 5.87. The third-order valence-electron chi connectivity index (χ3n) is 3.78. The molecule has 0 aliphatic carbocycles. The molecule has 0 aliphatic rings. The van der Waals surface area contributed by atoms with Gasteiger partial charge >= 0.3 is 0 Å². The fraction of sp³-hybridized carbons (Fsp3) is 0.136. The summed E-state index contributed by atoms with van der Waals surface area (Å²) in [6, 6.07) is 19.8. The second kappa shape index (κ2) is 8.69. The third kappa shape index (κ3) is 5.08. The van der Waals surface area contributed by atoms with Crippen molar-refractivity contribution in [2.75, 3.05) is 10.6 Å². The first-order valence-corrected chi connectivity index (χ1v) is 8.85. The van der Waals surface area contributed by atoms with E-state index in [0.29, 0.717) is 16.9 Å². The molecule has 1 heterocycles. The maximum absolute atomic E-state index is 12.5. The molecule has 0 bridgehead atoms. The van der Waals surface area contributed by atoms with Crippen LogP contribution in [-0.2, 0) is 0 Å². The number of nitriles is 1. The average molecular weight is 372 g/mol. The highest BCUT2D eigenvalue weighted by Gasteiger charge is 2.09. The molecule has 0 saturated carbocycles. The van der Waals surface area contributed by atoms with Crippen molar-refractivity contribution in [3.8, 4) is 11.8 Å². The monoisotopic (exact) mass is 372 g/mol. The lowest BCUT2D eigenvalue weighted by Crippen LogP contribution is -2.14. The molecule has 0 aliphatic heterocycles. The summed E-state index contributed by atoms with van der Waals surface area (Å²) >= 11 is 0. The molecule has 1 amide bonds. The van der Waals surface area contributed by atoms with Crippen molar-refractivity contribution >= 4 is 23.0 Å². The largest absolute Gasteiger partial charge is 0.491 e. The van der Waals surface area contributed by atoms with E-state index in [2.05, 4.69) is 21.7 Å². The highest BCUT2D eigenvalue weighted by atomic mass is 16.5. The van der Waals surface area contributed by atoms with E-state index in [1.807, 2.05) is 26.0 Å². The van der Waals surface area contributed by atoms with E-state index in [0.717, 1.165) is 17.1 Å². The molecular formula is C22H20N4O2. The zero-order chi connectivity index (χ0) is 19.9. The van der Waals surface area contributed by atoms with Gasteiger partial charge in [0, 0.05) is 23.3 Å². The van der Waals surface area contributed by atoms with Crippen LogP contribution in [0.15, 0.2) is 66.9 Å². The van der Waals surface area contributed by atoms with Crippen LogP contribution in [0.1, 0.15) is 29.9 Å². The molecule has 1 aromatic heterocycles. The van der Waals surface area contributed by atoms with Gasteiger partial charge in [0.15, 0.2) is 0 Å². The summed E-state index contributed by atoms with van der Waals surface area (Å²) in [6.45, 7) is 3.92. The van der Waals surface area contributed by atoms with Gasteiger partial charge in [0.1, 0.15) is 11.4 Å². The van der Waals surface area contributed by atoms with Crippen LogP contribution in [0.3, 0.4) is 0 Å². The standard InChI is InChI=1S/C22H20N4O2/c1-15(2)28-20-9-7-18(8-10-20)26-22(27)21-13-19(11-12-24-21)25-17-5-3-16(14-23)4-6-17/h3-13,15H,1-2H3,(H,24,25)(H,26,27). The molecule has 0 fully saturated rings. The summed E-state index contributed by atoms with van der Waals surface area (Å²) in [7, 11) is 0. The first-order chi connectivity index (χ1) is 13.5. The van der Waals surface area contributed by atoms with Crippen molar-refractivity contribution in [3.05, 3.63) is 78.1 Å². The minimum absolute atomic E-state index is 0.0935. The van der Waals surface area contributed by atoms with Crippen LogP contribution in [0.4, 0.5) is 17.1 Å². The highest BCUT2D eigenvalue weighted by Crippen LogP contribution is 2.19. The zero-order valence-electron chi connectivity index (χ0n) is 15.6. The van der Waals surface area contributed by atoms with Crippen LogP contribution in [0.5, 0.6) is 5.75 Å². The number of amides is 1. The Morgan fingerprint density at radius 3 is 2.32 bits per heavy atom. The number of rotatable bonds is 6. The van der Waals surface area contributed by atoms with Crippen LogP contribution in [0.2, 0.25) is 0 Å². The molecule has 0 atom stereocenters. The summed E-state index contributed by atoms with van der Waals surface area (Å²) in [4.78, 5) is 16.6. The minimum Gasteiger partial charge on any atom is -0.491 e. The number of benzene rings is 2. The van der Waals surface area contributed by atoms with Crippen LogP contribution >= 0.6 is 0 Å². The topological polar surface area (TPSA) is 87.0 Å². The molecule has 3 aromatic rings. The molecule has 0 spiro atoms. The quantitative estimate of drug-likeness (QED) is 0.653. The molecule has 0 radical (unpaired) electrons. The summed E-state index contributed by atoms with van der Waals surface area (Å²) in [6.07, 6.45) is 1.66. The second-order valence-electron chi connectivity index (χ2n) is 6.39. The van der Waals surface area contributed by atoms with Crippen molar-refractivity contribution in [3.63, 3.8) is 0 Å². The first kappa shape index (κ1) is 18.9. The van der Waals surface area contributed by atoms with Gasteiger partial charge in [-0.2, -0.15) is 5.26 Å². The van der Waals surface area contributed by atoms with E-state index >= 15 is 0 Å².